The average molecular weight is 590 g/mol. The summed E-state index contributed by atoms with van der Waals surface area (Å²) in [6, 6.07) is 24.5. The molecule has 1 aliphatic rings. The Labute approximate surface area is 232 Å². The maximum absolute atomic E-state index is 13.7. The van der Waals surface area contributed by atoms with Gasteiger partial charge in [-0.3, -0.25) is 9.36 Å². The Hall–Kier alpha value is -3.75. The molecule has 1 aromatic heterocycles. The highest BCUT2D eigenvalue weighted by Gasteiger charge is 2.33. The van der Waals surface area contributed by atoms with Gasteiger partial charge < -0.3 is 9.47 Å². The zero-order chi connectivity index (χ0) is 26.6. The minimum absolute atomic E-state index is 0.199. The third kappa shape index (κ3) is 5.28. The lowest BCUT2D eigenvalue weighted by Gasteiger charge is -2.25. The molecule has 6 nitrogen and oxygen atoms in total. The molecule has 0 aliphatic carbocycles. The van der Waals surface area contributed by atoms with Crippen molar-refractivity contribution in [3.8, 4) is 5.75 Å². The second-order valence-corrected chi connectivity index (χ2v) is 10.6. The molecule has 0 bridgehead atoms. The Bertz CT molecular complexity index is 1670. The first kappa shape index (κ1) is 25.9. The van der Waals surface area contributed by atoms with Gasteiger partial charge >= 0.3 is 5.97 Å². The highest BCUT2D eigenvalue weighted by Crippen LogP contribution is 2.31. The van der Waals surface area contributed by atoms with E-state index in [1.54, 1.807) is 4.57 Å². The van der Waals surface area contributed by atoms with E-state index < -0.39 is 12.0 Å². The summed E-state index contributed by atoms with van der Waals surface area (Å²) in [7, 11) is 1.35. The van der Waals surface area contributed by atoms with Crippen LogP contribution >= 0.6 is 27.3 Å². The van der Waals surface area contributed by atoms with Crippen molar-refractivity contribution in [2.24, 2.45) is 4.99 Å². The van der Waals surface area contributed by atoms with E-state index in [1.165, 1.54) is 18.4 Å². The molecule has 4 aromatic rings. The van der Waals surface area contributed by atoms with Crippen molar-refractivity contribution in [3.05, 3.63) is 131 Å². The van der Waals surface area contributed by atoms with Crippen LogP contribution in [-0.4, -0.2) is 17.6 Å². The first-order valence-electron chi connectivity index (χ1n) is 12.1. The number of halogens is 1. The standard InChI is InChI=1S/C30H25BrN2O4S/c1-3-24-26(29(35)36-2)27(21-7-5-4-6-8-21)33-28(34)25(38-30(33)32-24)17-19-11-15-23(16-12-19)37-18-20-9-13-22(31)14-10-20/h4-17,27H,3,18H2,1-2H3/b25-17-/t27-/m1/s1. The third-order valence-electron chi connectivity index (χ3n) is 6.26. The van der Waals surface area contributed by atoms with E-state index in [0.29, 0.717) is 33.6 Å². The van der Waals surface area contributed by atoms with Gasteiger partial charge in [0.05, 0.1) is 29.0 Å². The van der Waals surface area contributed by atoms with Crippen LogP contribution in [0.4, 0.5) is 0 Å². The summed E-state index contributed by atoms with van der Waals surface area (Å²) in [5.74, 6) is 0.262. The van der Waals surface area contributed by atoms with Gasteiger partial charge in [0.15, 0.2) is 4.80 Å². The molecule has 0 radical (unpaired) electrons. The van der Waals surface area contributed by atoms with Crippen LogP contribution in [0, 0.1) is 0 Å². The van der Waals surface area contributed by atoms with Crippen LogP contribution in [0.25, 0.3) is 6.08 Å². The van der Waals surface area contributed by atoms with Crippen molar-refractivity contribution in [1.82, 2.24) is 4.57 Å². The SMILES string of the molecule is CCC1=C(C(=O)OC)[C@@H](c2ccccc2)n2c(s/c(=C\c3ccc(OCc4ccc(Br)cc4)cc3)c2=O)=N1. The molecule has 0 saturated heterocycles. The number of carbonyl (C=O) groups excluding carboxylic acids is 1. The van der Waals surface area contributed by atoms with E-state index in [1.807, 2.05) is 91.9 Å². The second kappa shape index (κ2) is 11.3. The number of benzene rings is 3. The quantitative estimate of drug-likeness (QED) is 0.280. The number of ether oxygens (including phenoxy) is 2. The van der Waals surface area contributed by atoms with Crippen LogP contribution in [0.15, 0.2) is 104 Å². The van der Waals surface area contributed by atoms with E-state index in [4.69, 9.17) is 14.5 Å². The molecule has 0 fully saturated rings. The Morgan fingerprint density at radius 3 is 2.42 bits per heavy atom. The summed E-state index contributed by atoms with van der Waals surface area (Å²) in [5, 5.41) is 0. The minimum atomic E-state index is -0.605. The molecule has 0 saturated carbocycles. The van der Waals surface area contributed by atoms with Gasteiger partial charge in [0.25, 0.3) is 5.56 Å². The summed E-state index contributed by atoms with van der Waals surface area (Å²) >= 11 is 4.75. The number of methoxy groups -OCH3 is 1. The van der Waals surface area contributed by atoms with Crippen molar-refractivity contribution < 1.29 is 14.3 Å². The van der Waals surface area contributed by atoms with Gasteiger partial charge in [-0.15, -0.1) is 0 Å². The molecule has 192 valence electrons. The summed E-state index contributed by atoms with van der Waals surface area (Å²) < 4.78 is 14.2. The number of hydrogen-bond acceptors (Lipinski definition) is 6. The lowest BCUT2D eigenvalue weighted by Crippen LogP contribution is -2.40. The lowest BCUT2D eigenvalue weighted by molar-refractivity contribution is -0.136. The molecule has 0 spiro atoms. The van der Waals surface area contributed by atoms with Crippen molar-refractivity contribution in [3.63, 3.8) is 0 Å². The van der Waals surface area contributed by atoms with Crippen LogP contribution in [0.5, 0.6) is 5.75 Å². The molecule has 3 aromatic carbocycles. The van der Waals surface area contributed by atoms with Gasteiger partial charge in [0.1, 0.15) is 12.4 Å². The molecular formula is C30H25BrN2O4S. The van der Waals surface area contributed by atoms with Crippen molar-refractivity contribution in [2.75, 3.05) is 7.11 Å². The maximum atomic E-state index is 13.7. The van der Waals surface area contributed by atoms with Gasteiger partial charge in [-0.05, 0) is 53.5 Å². The molecule has 1 aliphatic heterocycles. The molecule has 38 heavy (non-hydrogen) atoms. The van der Waals surface area contributed by atoms with Gasteiger partial charge in [-0.2, -0.15) is 0 Å². The zero-order valence-corrected chi connectivity index (χ0v) is 23.3. The van der Waals surface area contributed by atoms with Crippen molar-refractivity contribution in [1.29, 1.82) is 0 Å². The fourth-order valence-electron chi connectivity index (χ4n) is 4.37. The van der Waals surface area contributed by atoms with Crippen LogP contribution in [0.3, 0.4) is 0 Å². The number of fused-ring (bicyclic) bond motifs is 1. The Morgan fingerprint density at radius 1 is 1.05 bits per heavy atom. The van der Waals surface area contributed by atoms with E-state index in [0.717, 1.165) is 26.9 Å². The highest BCUT2D eigenvalue weighted by atomic mass is 79.9. The van der Waals surface area contributed by atoms with Gasteiger partial charge in [-0.1, -0.05) is 88.8 Å². The summed E-state index contributed by atoms with van der Waals surface area (Å²) in [6.07, 6.45) is 2.39. The Kier molecular flexibility index (Phi) is 7.72. The van der Waals surface area contributed by atoms with Gasteiger partial charge in [-0.25, -0.2) is 9.79 Å². The molecule has 2 heterocycles. The topological polar surface area (TPSA) is 69.9 Å². The van der Waals surface area contributed by atoms with E-state index >= 15 is 0 Å². The first-order chi connectivity index (χ1) is 18.5. The van der Waals surface area contributed by atoms with Crippen LogP contribution in [0.2, 0.25) is 0 Å². The molecule has 0 amide bonds. The monoisotopic (exact) mass is 588 g/mol. The first-order valence-corrected chi connectivity index (χ1v) is 13.7. The van der Waals surface area contributed by atoms with E-state index in [-0.39, 0.29) is 5.56 Å². The molecule has 1 atom stereocenters. The Morgan fingerprint density at radius 2 is 1.76 bits per heavy atom. The van der Waals surface area contributed by atoms with Crippen LogP contribution in [0.1, 0.15) is 36.1 Å². The lowest BCUT2D eigenvalue weighted by atomic mass is 9.95. The fourth-order valence-corrected chi connectivity index (χ4v) is 5.66. The average Bonchev–Trinajstić information content (AvgIpc) is 3.26. The van der Waals surface area contributed by atoms with Crippen molar-refractivity contribution in [2.45, 2.75) is 26.0 Å². The number of hydrogen-bond donors (Lipinski definition) is 0. The molecular weight excluding hydrogens is 564 g/mol. The fraction of sp³-hybridized carbons (Fsp3) is 0.167. The summed E-state index contributed by atoms with van der Waals surface area (Å²) in [5.41, 5.74) is 3.59. The molecule has 0 unspecified atom stereocenters. The van der Waals surface area contributed by atoms with Crippen molar-refractivity contribution >= 4 is 39.3 Å². The smallest absolute Gasteiger partial charge is 0.338 e. The number of thiazole rings is 1. The number of allylic oxidation sites excluding steroid dienone is 1. The third-order valence-corrected chi connectivity index (χ3v) is 7.77. The second-order valence-electron chi connectivity index (χ2n) is 8.68. The predicted molar refractivity (Wildman–Crippen MR) is 152 cm³/mol. The van der Waals surface area contributed by atoms with Gasteiger partial charge in [0, 0.05) is 4.47 Å². The molecule has 5 rings (SSSR count). The normalized spacial score (nSPS) is 15.1. The zero-order valence-electron chi connectivity index (χ0n) is 20.9. The highest BCUT2D eigenvalue weighted by molar-refractivity contribution is 9.10. The van der Waals surface area contributed by atoms with E-state index in [9.17, 15) is 9.59 Å². The van der Waals surface area contributed by atoms with Crippen LogP contribution < -0.4 is 19.6 Å². The number of rotatable bonds is 7. The number of carbonyl (C=O) groups is 1. The Balaban J connectivity index is 1.50. The molecule has 8 heteroatoms. The number of nitrogens with zero attached hydrogens (tertiary/aromatic N) is 2. The summed E-state index contributed by atoms with van der Waals surface area (Å²) in [4.78, 5) is 31.8. The van der Waals surface area contributed by atoms with Crippen LogP contribution in [-0.2, 0) is 16.1 Å². The molecule has 0 N–H and O–H groups in total. The number of aromatic nitrogens is 1. The summed E-state index contributed by atoms with van der Waals surface area (Å²) in [6.45, 7) is 2.41. The predicted octanol–water partition coefficient (Wildman–Crippen LogP) is 5.14. The minimum Gasteiger partial charge on any atom is -0.489 e. The largest absolute Gasteiger partial charge is 0.489 e. The van der Waals surface area contributed by atoms with E-state index in [2.05, 4.69) is 15.9 Å². The number of esters is 1. The van der Waals surface area contributed by atoms with Gasteiger partial charge in [0.2, 0.25) is 0 Å². The maximum Gasteiger partial charge on any atom is 0.338 e.